The Balaban J connectivity index is 1.79. The van der Waals surface area contributed by atoms with Gasteiger partial charge in [-0.3, -0.25) is 4.79 Å². The van der Waals surface area contributed by atoms with Gasteiger partial charge in [-0.1, -0.05) is 35.5 Å². The summed E-state index contributed by atoms with van der Waals surface area (Å²) in [6.45, 7) is 0. The van der Waals surface area contributed by atoms with E-state index in [4.69, 9.17) is 4.84 Å². The van der Waals surface area contributed by atoms with Crippen molar-refractivity contribution in [2.45, 2.75) is 18.7 Å². The highest BCUT2D eigenvalue weighted by Crippen LogP contribution is 2.32. The first-order chi connectivity index (χ1) is 13.3. The maximum absolute atomic E-state index is 13.0. The molecule has 1 N–H and O–H groups in total. The van der Waals surface area contributed by atoms with Gasteiger partial charge in [-0.15, -0.1) is 0 Å². The average molecular weight is 392 g/mol. The van der Waals surface area contributed by atoms with Crippen molar-refractivity contribution in [1.82, 2.24) is 0 Å². The van der Waals surface area contributed by atoms with E-state index < -0.39 is 29.7 Å². The van der Waals surface area contributed by atoms with Crippen molar-refractivity contribution < 1.29 is 32.3 Å². The standard InChI is InChI=1S/C19H15F3N2O4/c1-27-18(26)13-8-7-12(19(20,21)22)9-15(13)23-17(25)16-10-14(24-28-16)11-5-3-2-4-6-11/h2-9,16H,10H2,1H3,(H,23,25). The second-order valence-electron chi connectivity index (χ2n) is 5.94. The fourth-order valence-electron chi connectivity index (χ4n) is 2.64. The highest BCUT2D eigenvalue weighted by atomic mass is 19.4. The molecule has 1 atom stereocenters. The number of esters is 1. The number of hydrogen-bond donors (Lipinski definition) is 1. The Kier molecular flexibility index (Phi) is 5.34. The Morgan fingerprint density at radius 3 is 2.54 bits per heavy atom. The summed E-state index contributed by atoms with van der Waals surface area (Å²) in [5.74, 6) is -1.60. The maximum atomic E-state index is 13.0. The number of hydrogen-bond acceptors (Lipinski definition) is 5. The number of carbonyl (C=O) groups is 2. The average Bonchev–Trinajstić information content (AvgIpc) is 3.18. The molecule has 0 fully saturated rings. The summed E-state index contributed by atoms with van der Waals surface area (Å²) < 4.78 is 43.5. The van der Waals surface area contributed by atoms with Crippen LogP contribution in [-0.2, 0) is 20.5 Å². The lowest BCUT2D eigenvalue weighted by Gasteiger charge is -2.15. The second kappa shape index (κ2) is 7.71. The molecule has 1 amide bonds. The van der Waals surface area contributed by atoms with Crippen molar-refractivity contribution in [2.75, 3.05) is 12.4 Å². The van der Waals surface area contributed by atoms with Crippen molar-refractivity contribution in [2.24, 2.45) is 5.16 Å². The first-order valence-corrected chi connectivity index (χ1v) is 8.18. The summed E-state index contributed by atoms with van der Waals surface area (Å²) in [5.41, 5.74) is -0.219. The van der Waals surface area contributed by atoms with Crippen LogP contribution in [0.4, 0.5) is 18.9 Å². The SMILES string of the molecule is COC(=O)c1ccc(C(F)(F)F)cc1NC(=O)C1CC(c2ccccc2)=NO1. The molecule has 1 unspecified atom stereocenters. The molecule has 3 rings (SSSR count). The highest BCUT2D eigenvalue weighted by molar-refractivity contribution is 6.07. The normalized spacial score (nSPS) is 16.1. The topological polar surface area (TPSA) is 77.0 Å². The zero-order valence-corrected chi connectivity index (χ0v) is 14.6. The minimum Gasteiger partial charge on any atom is -0.465 e. The minimum atomic E-state index is -4.64. The van der Waals surface area contributed by atoms with Crippen LogP contribution >= 0.6 is 0 Å². The number of amides is 1. The number of methoxy groups -OCH3 is 1. The monoisotopic (exact) mass is 392 g/mol. The van der Waals surface area contributed by atoms with E-state index >= 15 is 0 Å². The second-order valence-corrected chi connectivity index (χ2v) is 5.94. The van der Waals surface area contributed by atoms with Gasteiger partial charge in [-0.05, 0) is 23.8 Å². The van der Waals surface area contributed by atoms with Crippen LogP contribution in [0.5, 0.6) is 0 Å². The van der Waals surface area contributed by atoms with Crippen LogP contribution in [0, 0.1) is 0 Å². The molecule has 1 heterocycles. The van der Waals surface area contributed by atoms with Crippen LogP contribution in [-0.4, -0.2) is 30.8 Å². The Morgan fingerprint density at radius 1 is 1.18 bits per heavy atom. The van der Waals surface area contributed by atoms with Crippen molar-refractivity contribution in [3.05, 3.63) is 65.2 Å². The molecule has 28 heavy (non-hydrogen) atoms. The summed E-state index contributed by atoms with van der Waals surface area (Å²) in [7, 11) is 1.09. The Bertz CT molecular complexity index is 927. The van der Waals surface area contributed by atoms with Gasteiger partial charge in [0.2, 0.25) is 6.10 Å². The number of anilines is 1. The minimum absolute atomic E-state index is 0.141. The summed E-state index contributed by atoms with van der Waals surface area (Å²) in [4.78, 5) is 29.4. The number of oxime groups is 1. The maximum Gasteiger partial charge on any atom is 0.416 e. The van der Waals surface area contributed by atoms with Crippen LogP contribution in [0.1, 0.15) is 27.9 Å². The van der Waals surface area contributed by atoms with E-state index in [1.165, 1.54) is 0 Å². The molecule has 146 valence electrons. The highest BCUT2D eigenvalue weighted by Gasteiger charge is 2.33. The van der Waals surface area contributed by atoms with Gasteiger partial charge in [0.25, 0.3) is 5.91 Å². The van der Waals surface area contributed by atoms with Gasteiger partial charge in [0.05, 0.1) is 29.6 Å². The molecule has 1 aliphatic heterocycles. The van der Waals surface area contributed by atoms with Crippen LogP contribution < -0.4 is 5.32 Å². The predicted octanol–water partition coefficient (Wildman–Crippen LogP) is 3.62. The summed E-state index contributed by atoms with van der Waals surface area (Å²) in [6.07, 6.45) is -5.53. The number of benzene rings is 2. The van der Waals surface area contributed by atoms with E-state index in [9.17, 15) is 22.8 Å². The molecule has 2 aromatic rings. The number of nitrogens with zero attached hydrogens (tertiary/aromatic N) is 1. The van der Waals surface area contributed by atoms with Crippen molar-refractivity contribution in [1.29, 1.82) is 0 Å². The van der Waals surface area contributed by atoms with Gasteiger partial charge in [-0.25, -0.2) is 4.79 Å². The largest absolute Gasteiger partial charge is 0.465 e. The van der Waals surface area contributed by atoms with Crippen molar-refractivity contribution >= 4 is 23.3 Å². The third-order valence-electron chi connectivity index (χ3n) is 4.08. The number of ether oxygens (including phenoxy) is 1. The van der Waals surface area contributed by atoms with Crippen molar-refractivity contribution in [3.63, 3.8) is 0 Å². The molecule has 1 aliphatic rings. The zero-order valence-electron chi connectivity index (χ0n) is 14.6. The van der Waals surface area contributed by atoms with E-state index in [1.807, 2.05) is 6.07 Å². The van der Waals surface area contributed by atoms with E-state index in [1.54, 1.807) is 24.3 Å². The number of carbonyl (C=O) groups excluding carboxylic acids is 2. The third kappa shape index (κ3) is 4.13. The van der Waals surface area contributed by atoms with Crippen LogP contribution in [0.3, 0.4) is 0 Å². The molecular formula is C19H15F3N2O4. The summed E-state index contributed by atoms with van der Waals surface area (Å²) in [6, 6.07) is 11.4. The molecule has 6 nitrogen and oxygen atoms in total. The lowest BCUT2D eigenvalue weighted by Crippen LogP contribution is -2.29. The van der Waals surface area contributed by atoms with Gasteiger partial charge in [-0.2, -0.15) is 13.2 Å². The van der Waals surface area contributed by atoms with Gasteiger partial charge < -0.3 is 14.9 Å². The molecular weight excluding hydrogens is 377 g/mol. The molecule has 0 spiro atoms. The van der Waals surface area contributed by atoms with Gasteiger partial charge in [0.15, 0.2) is 0 Å². The Labute approximate surface area is 157 Å². The number of halogens is 3. The van der Waals surface area contributed by atoms with Crippen LogP contribution in [0.25, 0.3) is 0 Å². The summed E-state index contributed by atoms with van der Waals surface area (Å²) >= 11 is 0. The zero-order chi connectivity index (χ0) is 20.3. The van der Waals surface area contributed by atoms with Crippen LogP contribution in [0.15, 0.2) is 53.7 Å². The first kappa shape index (κ1) is 19.4. The van der Waals surface area contributed by atoms with Gasteiger partial charge in [0, 0.05) is 6.42 Å². The van der Waals surface area contributed by atoms with Gasteiger partial charge >= 0.3 is 12.1 Å². The van der Waals surface area contributed by atoms with E-state index in [2.05, 4.69) is 15.2 Å². The van der Waals surface area contributed by atoms with Gasteiger partial charge in [0.1, 0.15) is 0 Å². The number of alkyl halides is 3. The number of rotatable bonds is 4. The lowest BCUT2D eigenvalue weighted by molar-refractivity contribution is -0.137. The predicted molar refractivity (Wildman–Crippen MR) is 93.9 cm³/mol. The molecule has 0 aliphatic carbocycles. The Morgan fingerprint density at radius 2 is 1.89 bits per heavy atom. The molecule has 2 aromatic carbocycles. The fourth-order valence-corrected chi connectivity index (χ4v) is 2.64. The lowest BCUT2D eigenvalue weighted by atomic mass is 10.0. The molecule has 0 saturated heterocycles. The smallest absolute Gasteiger partial charge is 0.416 e. The number of nitrogens with one attached hydrogen (secondary N) is 1. The fraction of sp³-hybridized carbons (Fsp3) is 0.211. The molecule has 0 aromatic heterocycles. The van der Waals surface area contributed by atoms with E-state index in [0.717, 1.165) is 24.8 Å². The quantitative estimate of drug-likeness (QED) is 0.807. The first-order valence-electron chi connectivity index (χ1n) is 8.18. The van der Waals surface area contributed by atoms with E-state index in [0.29, 0.717) is 11.8 Å². The molecule has 0 saturated carbocycles. The third-order valence-corrected chi connectivity index (χ3v) is 4.08. The van der Waals surface area contributed by atoms with Crippen molar-refractivity contribution in [3.8, 4) is 0 Å². The van der Waals surface area contributed by atoms with E-state index in [-0.39, 0.29) is 17.7 Å². The molecule has 0 bridgehead atoms. The molecule has 0 radical (unpaired) electrons. The molecule has 9 heteroatoms. The Hall–Kier alpha value is -3.36. The van der Waals surface area contributed by atoms with Crippen LogP contribution in [0.2, 0.25) is 0 Å². The summed E-state index contributed by atoms with van der Waals surface area (Å²) in [5, 5.41) is 6.18.